The van der Waals surface area contributed by atoms with Crippen LogP contribution in [0, 0.1) is 46.3 Å². The summed E-state index contributed by atoms with van der Waals surface area (Å²) in [6, 6.07) is 0. The third kappa shape index (κ3) is 4.84. The first-order valence-electron chi connectivity index (χ1n) is 15.0. The SMILES string of the molecule is CCCCCCC(C=C[C@@H](C)[C@H]1CC[C@H]2C3=CCC4CCCC[C@]4(C)[C@H]3CC[C@]12C)C(C)=CO. The van der Waals surface area contributed by atoms with Crippen LogP contribution in [-0.4, -0.2) is 5.11 Å². The van der Waals surface area contributed by atoms with E-state index in [2.05, 4.69) is 52.8 Å². The van der Waals surface area contributed by atoms with Crippen LogP contribution >= 0.6 is 0 Å². The number of hydrogen-bond donors (Lipinski definition) is 1. The number of fused-ring (bicyclic) bond motifs is 5. The Morgan fingerprint density at radius 3 is 2.56 bits per heavy atom. The smallest absolute Gasteiger partial charge is 0.0786 e. The summed E-state index contributed by atoms with van der Waals surface area (Å²) < 4.78 is 0. The van der Waals surface area contributed by atoms with Crippen molar-refractivity contribution in [1.29, 1.82) is 0 Å². The van der Waals surface area contributed by atoms with Crippen molar-refractivity contribution in [2.24, 2.45) is 46.3 Å². The van der Waals surface area contributed by atoms with Gasteiger partial charge >= 0.3 is 0 Å². The van der Waals surface area contributed by atoms with E-state index in [9.17, 15) is 5.11 Å². The van der Waals surface area contributed by atoms with Crippen LogP contribution in [0.5, 0.6) is 0 Å². The first-order valence-corrected chi connectivity index (χ1v) is 15.0. The van der Waals surface area contributed by atoms with Crippen LogP contribution in [0.25, 0.3) is 0 Å². The van der Waals surface area contributed by atoms with E-state index in [1.165, 1.54) is 96.2 Å². The molecule has 3 saturated carbocycles. The molecule has 0 heterocycles. The molecule has 0 spiro atoms. The zero-order chi connectivity index (χ0) is 24.3. The van der Waals surface area contributed by atoms with Crippen molar-refractivity contribution in [3.05, 3.63) is 35.6 Å². The highest BCUT2D eigenvalue weighted by Gasteiger charge is 2.57. The van der Waals surface area contributed by atoms with Gasteiger partial charge in [0.1, 0.15) is 0 Å². The van der Waals surface area contributed by atoms with Crippen molar-refractivity contribution in [2.75, 3.05) is 0 Å². The fraction of sp³-hybridized carbons (Fsp3) is 0.818. The second-order valence-corrected chi connectivity index (χ2v) is 13.3. The van der Waals surface area contributed by atoms with Crippen LogP contribution in [0.3, 0.4) is 0 Å². The summed E-state index contributed by atoms with van der Waals surface area (Å²) in [5.41, 5.74) is 4.09. The number of aliphatic hydroxyl groups excluding tert-OH is 1. The van der Waals surface area contributed by atoms with Crippen LogP contribution in [-0.2, 0) is 0 Å². The molecule has 4 aliphatic rings. The van der Waals surface area contributed by atoms with E-state index >= 15 is 0 Å². The van der Waals surface area contributed by atoms with E-state index in [1.54, 1.807) is 0 Å². The maximum atomic E-state index is 9.69. The molecule has 1 N–H and O–H groups in total. The number of hydrogen-bond acceptors (Lipinski definition) is 1. The van der Waals surface area contributed by atoms with Crippen molar-refractivity contribution in [2.45, 2.75) is 125 Å². The van der Waals surface area contributed by atoms with E-state index in [0.717, 1.165) is 29.2 Å². The summed E-state index contributed by atoms with van der Waals surface area (Å²) in [4.78, 5) is 0. The minimum atomic E-state index is 0.397. The number of unbranched alkanes of at least 4 members (excludes halogenated alkanes) is 3. The molecule has 4 rings (SSSR count). The van der Waals surface area contributed by atoms with Crippen molar-refractivity contribution in [3.63, 3.8) is 0 Å². The molecule has 2 unspecified atom stereocenters. The van der Waals surface area contributed by atoms with Crippen molar-refractivity contribution in [3.8, 4) is 0 Å². The first kappa shape index (κ1) is 26.1. The second-order valence-electron chi connectivity index (χ2n) is 13.3. The average molecular weight is 467 g/mol. The van der Waals surface area contributed by atoms with Gasteiger partial charge in [0.15, 0.2) is 0 Å². The molecule has 1 nitrogen and oxygen atoms in total. The van der Waals surface area contributed by atoms with Gasteiger partial charge in [-0.1, -0.05) is 90.0 Å². The molecular weight excluding hydrogens is 412 g/mol. The first-order chi connectivity index (χ1) is 16.3. The normalized spacial score (nSPS) is 39.8. The summed E-state index contributed by atoms with van der Waals surface area (Å²) in [7, 11) is 0. The van der Waals surface area contributed by atoms with Gasteiger partial charge in [0, 0.05) is 5.92 Å². The largest absolute Gasteiger partial charge is 0.516 e. The van der Waals surface area contributed by atoms with Crippen molar-refractivity contribution in [1.82, 2.24) is 0 Å². The third-order valence-electron chi connectivity index (χ3n) is 11.5. The molecule has 0 aromatic carbocycles. The Morgan fingerprint density at radius 2 is 1.79 bits per heavy atom. The number of rotatable bonds is 9. The van der Waals surface area contributed by atoms with Gasteiger partial charge in [0.05, 0.1) is 6.26 Å². The lowest BCUT2D eigenvalue weighted by Crippen LogP contribution is -2.48. The van der Waals surface area contributed by atoms with Crippen LogP contribution in [0.4, 0.5) is 0 Å². The highest BCUT2D eigenvalue weighted by Crippen LogP contribution is 2.66. The zero-order valence-electron chi connectivity index (χ0n) is 23.1. The monoisotopic (exact) mass is 466 g/mol. The predicted molar refractivity (Wildman–Crippen MR) is 147 cm³/mol. The molecule has 0 amide bonds. The molecule has 0 bridgehead atoms. The lowest BCUT2D eigenvalue weighted by molar-refractivity contribution is -0.00480. The summed E-state index contributed by atoms with van der Waals surface area (Å²) in [5.74, 6) is 4.48. The minimum absolute atomic E-state index is 0.397. The summed E-state index contributed by atoms with van der Waals surface area (Å²) in [6.45, 7) is 12.2. The van der Waals surface area contributed by atoms with Gasteiger partial charge in [0.25, 0.3) is 0 Å². The summed E-state index contributed by atoms with van der Waals surface area (Å²) >= 11 is 0. The molecule has 0 saturated heterocycles. The lowest BCUT2D eigenvalue weighted by atomic mass is 9.48. The van der Waals surface area contributed by atoms with E-state index < -0.39 is 0 Å². The van der Waals surface area contributed by atoms with Gasteiger partial charge in [-0.15, -0.1) is 0 Å². The fourth-order valence-electron chi connectivity index (χ4n) is 9.26. The van der Waals surface area contributed by atoms with Gasteiger partial charge < -0.3 is 5.11 Å². The number of allylic oxidation sites excluding steroid dienone is 5. The fourth-order valence-corrected chi connectivity index (χ4v) is 9.26. The Labute approximate surface area is 211 Å². The third-order valence-corrected chi connectivity index (χ3v) is 11.5. The van der Waals surface area contributed by atoms with E-state index in [4.69, 9.17) is 0 Å². The highest BCUT2D eigenvalue weighted by molar-refractivity contribution is 5.28. The Hall–Kier alpha value is -0.980. The molecule has 3 fully saturated rings. The summed E-state index contributed by atoms with van der Waals surface area (Å²) in [5, 5.41) is 9.69. The zero-order valence-corrected chi connectivity index (χ0v) is 23.1. The minimum Gasteiger partial charge on any atom is -0.516 e. The molecule has 0 aromatic rings. The highest BCUT2D eigenvalue weighted by atomic mass is 16.2. The van der Waals surface area contributed by atoms with E-state index in [1.807, 2.05) is 5.57 Å². The molecule has 8 atom stereocenters. The van der Waals surface area contributed by atoms with Gasteiger partial charge in [-0.05, 0) is 104 Å². The lowest BCUT2D eigenvalue weighted by Gasteiger charge is -2.57. The standard InChI is InChI=1S/C33H54O/c1-6-7-8-9-12-26(25(3)23-34)15-14-24(2)29-18-19-30-28-17-16-27-13-10-11-21-32(27,4)31(28)20-22-33(29,30)5/h14-15,17,23-24,26-27,29-31,34H,6-13,16,18-22H2,1-5H3/t24-,26?,27?,29-,30+,31+,32+,33-/m1/s1. The Bertz CT molecular complexity index is 773. The Balaban J connectivity index is 1.46. The Morgan fingerprint density at radius 1 is 1.00 bits per heavy atom. The predicted octanol–water partition coefficient (Wildman–Crippen LogP) is 10.2. The van der Waals surface area contributed by atoms with Crippen LogP contribution in [0.1, 0.15) is 125 Å². The topological polar surface area (TPSA) is 20.2 Å². The molecule has 0 aromatic heterocycles. The van der Waals surface area contributed by atoms with Gasteiger partial charge in [0.2, 0.25) is 0 Å². The average Bonchev–Trinajstić information content (AvgIpc) is 3.20. The van der Waals surface area contributed by atoms with Crippen LogP contribution < -0.4 is 0 Å². The molecular formula is C33H54O. The number of aliphatic hydroxyl groups is 1. The molecule has 4 aliphatic carbocycles. The van der Waals surface area contributed by atoms with Gasteiger partial charge in [-0.25, -0.2) is 0 Å². The van der Waals surface area contributed by atoms with Crippen molar-refractivity contribution < 1.29 is 5.11 Å². The molecule has 192 valence electrons. The van der Waals surface area contributed by atoms with Gasteiger partial charge in [-0.2, -0.15) is 0 Å². The quantitative estimate of drug-likeness (QED) is 0.203. The second kappa shape index (κ2) is 11.0. The molecule has 34 heavy (non-hydrogen) atoms. The summed E-state index contributed by atoms with van der Waals surface area (Å²) in [6.07, 6.45) is 28.4. The maximum absolute atomic E-state index is 9.69. The molecule has 0 radical (unpaired) electrons. The molecule has 0 aliphatic heterocycles. The Kier molecular flexibility index (Phi) is 8.41. The van der Waals surface area contributed by atoms with E-state index in [-0.39, 0.29) is 0 Å². The van der Waals surface area contributed by atoms with Gasteiger partial charge in [-0.3, -0.25) is 0 Å². The maximum Gasteiger partial charge on any atom is 0.0786 e. The van der Waals surface area contributed by atoms with Crippen LogP contribution in [0.15, 0.2) is 35.6 Å². The van der Waals surface area contributed by atoms with Crippen molar-refractivity contribution >= 4 is 0 Å². The van der Waals surface area contributed by atoms with E-state index in [0.29, 0.717) is 22.7 Å². The molecule has 1 heteroatoms. The van der Waals surface area contributed by atoms with Crippen LogP contribution in [0.2, 0.25) is 0 Å².